The number of aliphatic carboxylic acids is 1. The van der Waals surface area contributed by atoms with Gasteiger partial charge in [-0.05, 0) is 70.8 Å². The molecule has 60 heavy (non-hydrogen) atoms. The first-order valence-electron chi connectivity index (χ1n) is 19.2. The Labute approximate surface area is 352 Å². The molecule has 14 nitrogen and oxygen atoms in total. The van der Waals surface area contributed by atoms with Crippen LogP contribution in [-0.2, 0) is 40.9 Å². The summed E-state index contributed by atoms with van der Waals surface area (Å²) in [6.07, 6.45) is 7.21. The number of alkyl halides is 1. The molecule has 314 valence electrons. The van der Waals surface area contributed by atoms with E-state index in [1.165, 1.54) is 7.11 Å². The van der Waals surface area contributed by atoms with Crippen molar-refractivity contribution in [3.63, 3.8) is 0 Å². The lowest BCUT2D eigenvalue weighted by atomic mass is 9.94. The smallest absolute Gasteiger partial charge is 0.306 e. The number of phenolic OH excluding ortho intramolecular Hbond substituents is 1. The average Bonchev–Trinajstić information content (AvgIpc) is 3.91. The molecule has 4 heterocycles. The number of carboxylic acid groups (broad SMARTS) is 1. The van der Waals surface area contributed by atoms with E-state index in [2.05, 4.69) is 9.97 Å². The SMILES string of the molecule is COC(=O)C[C@@H](c1ccc(O)cc1)c1nccn1C.ClCc1ccc2c(c1)OCCO2.Cn1ccnc1[C@@H](CC(=O)O)c1ccc(OCc2ccc3c(c2)OCCO3)cc1. The number of ether oxygens (including phenoxy) is 6. The van der Waals surface area contributed by atoms with Crippen LogP contribution < -0.4 is 23.7 Å². The zero-order chi connectivity index (χ0) is 42.4. The standard InChI is InChI=1S/C22H22N2O5.C14H16N2O3.C9H9ClO2/c1-24-9-8-23-22(24)18(13-21(25)26)16-3-5-17(6-4-16)29-14-15-2-7-19-20(12-15)28-11-10-27-19;1-16-8-7-15-14(16)12(9-13(18)19-2)10-3-5-11(17)6-4-10;10-6-7-1-2-8-9(5-7)12-4-3-11-8/h2-9,12,18H,10-11,13-14H2,1H3,(H,25,26);3-8,12,17H,9H2,1-2H3;1-2,5H,3-4,6H2/t18-;12-;/m00./s1. The van der Waals surface area contributed by atoms with Crippen LogP contribution in [0, 0.1) is 0 Å². The summed E-state index contributed by atoms with van der Waals surface area (Å²) in [6.45, 7) is 2.77. The lowest BCUT2D eigenvalue weighted by Gasteiger charge is -2.19. The highest BCUT2D eigenvalue weighted by molar-refractivity contribution is 6.17. The highest BCUT2D eigenvalue weighted by atomic mass is 35.5. The maximum Gasteiger partial charge on any atom is 0.306 e. The number of imidazole rings is 2. The Morgan fingerprint density at radius 2 is 1.18 bits per heavy atom. The molecular weight excluding hydrogens is 792 g/mol. The van der Waals surface area contributed by atoms with Crippen LogP contribution in [0.2, 0.25) is 0 Å². The molecule has 0 saturated heterocycles. The number of aryl methyl sites for hydroxylation is 2. The Morgan fingerprint density at radius 1 is 0.700 bits per heavy atom. The molecule has 0 saturated carbocycles. The first-order chi connectivity index (χ1) is 29.1. The number of fused-ring (bicyclic) bond motifs is 2. The van der Waals surface area contributed by atoms with Crippen LogP contribution >= 0.6 is 11.6 Å². The van der Waals surface area contributed by atoms with Gasteiger partial charge in [0.25, 0.3) is 0 Å². The summed E-state index contributed by atoms with van der Waals surface area (Å²) < 4.78 is 36.2. The molecular formula is C45H47ClN4O10. The van der Waals surface area contributed by atoms with Crippen molar-refractivity contribution in [1.82, 2.24) is 19.1 Å². The first kappa shape index (κ1) is 42.9. The molecule has 0 radical (unpaired) electrons. The third-order valence-electron chi connectivity index (χ3n) is 9.67. The van der Waals surface area contributed by atoms with Gasteiger partial charge in [-0.1, -0.05) is 36.4 Å². The number of hydrogen-bond donors (Lipinski definition) is 2. The number of esters is 1. The summed E-state index contributed by atoms with van der Waals surface area (Å²) in [4.78, 5) is 31.5. The normalized spacial score (nSPS) is 13.3. The van der Waals surface area contributed by atoms with Crippen molar-refractivity contribution in [2.45, 2.75) is 37.2 Å². The number of carbonyl (C=O) groups is 2. The maximum absolute atomic E-state index is 11.6. The summed E-state index contributed by atoms with van der Waals surface area (Å²) in [7, 11) is 5.11. The zero-order valence-electron chi connectivity index (χ0n) is 33.5. The second kappa shape index (κ2) is 20.8. The lowest BCUT2D eigenvalue weighted by molar-refractivity contribution is -0.141. The molecule has 8 rings (SSSR count). The van der Waals surface area contributed by atoms with Crippen LogP contribution in [0.4, 0.5) is 0 Å². The highest BCUT2D eigenvalue weighted by Gasteiger charge is 2.23. The zero-order valence-corrected chi connectivity index (χ0v) is 34.3. The largest absolute Gasteiger partial charge is 0.508 e. The number of nitrogens with zero attached hydrogens (tertiary/aromatic N) is 4. The minimum absolute atomic E-state index is 0.0255. The Morgan fingerprint density at radius 3 is 1.67 bits per heavy atom. The second-order valence-electron chi connectivity index (χ2n) is 13.8. The average molecular weight is 839 g/mol. The molecule has 2 atom stereocenters. The Bertz CT molecular complexity index is 2330. The van der Waals surface area contributed by atoms with E-state index in [9.17, 15) is 19.8 Å². The van der Waals surface area contributed by atoms with E-state index in [1.54, 1.807) is 36.7 Å². The van der Waals surface area contributed by atoms with E-state index >= 15 is 0 Å². The van der Waals surface area contributed by atoms with Crippen LogP contribution in [0.5, 0.6) is 34.5 Å². The summed E-state index contributed by atoms with van der Waals surface area (Å²) in [5, 5.41) is 18.6. The van der Waals surface area contributed by atoms with Crippen molar-refractivity contribution in [2.75, 3.05) is 33.5 Å². The number of rotatable bonds is 12. The number of carbonyl (C=O) groups excluding carboxylic acids is 1. The van der Waals surface area contributed by atoms with Crippen molar-refractivity contribution in [2.24, 2.45) is 14.1 Å². The lowest BCUT2D eigenvalue weighted by Crippen LogP contribution is -2.15. The number of halogens is 1. The van der Waals surface area contributed by atoms with Crippen LogP contribution in [0.15, 0.2) is 110 Å². The molecule has 0 unspecified atom stereocenters. The molecule has 0 amide bonds. The summed E-state index contributed by atoms with van der Waals surface area (Å²) in [5.74, 6) is 4.37. The van der Waals surface area contributed by atoms with Gasteiger partial charge in [-0.15, -0.1) is 11.6 Å². The quantitative estimate of drug-likeness (QED) is 0.0929. The topological polar surface area (TPSA) is 166 Å². The minimum Gasteiger partial charge on any atom is -0.508 e. The van der Waals surface area contributed by atoms with Crippen LogP contribution in [0.1, 0.15) is 58.6 Å². The van der Waals surface area contributed by atoms with E-state index in [0.717, 1.165) is 56.9 Å². The summed E-state index contributed by atoms with van der Waals surface area (Å²) >= 11 is 5.67. The molecule has 6 aromatic rings. The van der Waals surface area contributed by atoms with Gasteiger partial charge >= 0.3 is 11.9 Å². The van der Waals surface area contributed by atoms with Gasteiger partial charge in [0, 0.05) is 44.8 Å². The van der Waals surface area contributed by atoms with Gasteiger partial charge in [0.2, 0.25) is 0 Å². The summed E-state index contributed by atoms with van der Waals surface area (Å²) in [5.41, 5.74) is 3.84. The predicted molar refractivity (Wildman–Crippen MR) is 222 cm³/mol. The molecule has 2 aliphatic heterocycles. The van der Waals surface area contributed by atoms with Crippen molar-refractivity contribution >= 4 is 23.5 Å². The molecule has 2 aliphatic rings. The highest BCUT2D eigenvalue weighted by Crippen LogP contribution is 2.33. The first-order valence-corrected chi connectivity index (χ1v) is 19.7. The number of aromatic nitrogens is 4. The molecule has 2 aromatic heterocycles. The van der Waals surface area contributed by atoms with E-state index < -0.39 is 5.97 Å². The molecule has 15 heteroatoms. The minimum atomic E-state index is -0.864. The third kappa shape index (κ3) is 11.5. The van der Waals surface area contributed by atoms with Crippen molar-refractivity contribution < 1.29 is 48.2 Å². The van der Waals surface area contributed by atoms with Crippen LogP contribution in [-0.4, -0.2) is 74.8 Å². The van der Waals surface area contributed by atoms with Gasteiger partial charge in [-0.25, -0.2) is 9.97 Å². The summed E-state index contributed by atoms with van der Waals surface area (Å²) in [6, 6.07) is 25.8. The fourth-order valence-electron chi connectivity index (χ4n) is 6.58. The monoisotopic (exact) mass is 838 g/mol. The predicted octanol–water partition coefficient (Wildman–Crippen LogP) is 7.39. The Hall–Kier alpha value is -6.67. The van der Waals surface area contributed by atoms with E-state index in [0.29, 0.717) is 44.7 Å². The Balaban J connectivity index is 0.000000166. The fraction of sp³-hybridized carbons (Fsp3) is 0.289. The number of benzene rings is 4. The van der Waals surface area contributed by atoms with E-state index in [-0.39, 0.29) is 36.4 Å². The molecule has 0 bridgehead atoms. The van der Waals surface area contributed by atoms with Gasteiger partial charge in [-0.3, -0.25) is 9.59 Å². The Kier molecular flexibility index (Phi) is 14.9. The van der Waals surface area contributed by atoms with Crippen LogP contribution in [0.25, 0.3) is 0 Å². The van der Waals surface area contributed by atoms with Gasteiger partial charge in [0.1, 0.15) is 56.2 Å². The molecule has 2 N–H and O–H groups in total. The number of aromatic hydroxyl groups is 1. The van der Waals surface area contributed by atoms with Gasteiger partial charge in [-0.2, -0.15) is 0 Å². The van der Waals surface area contributed by atoms with Crippen molar-refractivity contribution in [3.05, 3.63) is 144 Å². The number of carboxylic acids is 1. The number of methoxy groups -OCH3 is 1. The molecule has 0 fully saturated rings. The van der Waals surface area contributed by atoms with Crippen molar-refractivity contribution in [1.29, 1.82) is 0 Å². The number of phenols is 1. The van der Waals surface area contributed by atoms with Gasteiger partial charge in [0.15, 0.2) is 23.0 Å². The molecule has 0 aliphatic carbocycles. The molecule has 4 aromatic carbocycles. The maximum atomic E-state index is 11.6. The van der Waals surface area contributed by atoms with Crippen LogP contribution in [0.3, 0.4) is 0 Å². The van der Waals surface area contributed by atoms with Crippen molar-refractivity contribution in [3.8, 4) is 34.5 Å². The molecule has 0 spiro atoms. The van der Waals surface area contributed by atoms with Gasteiger partial charge < -0.3 is 47.8 Å². The third-order valence-corrected chi connectivity index (χ3v) is 9.98. The van der Waals surface area contributed by atoms with E-state index in [4.69, 9.17) is 40.0 Å². The second-order valence-corrected chi connectivity index (χ2v) is 14.1. The van der Waals surface area contributed by atoms with E-state index in [1.807, 2.05) is 96.3 Å². The fourth-order valence-corrected chi connectivity index (χ4v) is 6.75. The van der Waals surface area contributed by atoms with Gasteiger partial charge in [0.05, 0.1) is 31.8 Å². The number of hydrogen-bond acceptors (Lipinski definition) is 11.